The van der Waals surface area contributed by atoms with Crippen LogP contribution in [0.15, 0.2) is 65.7 Å². The fraction of sp³-hybridized carbons (Fsp3) is 0.167. The predicted molar refractivity (Wildman–Crippen MR) is 93.6 cm³/mol. The lowest BCUT2D eigenvalue weighted by Crippen LogP contribution is -2.23. The lowest BCUT2D eigenvalue weighted by Gasteiger charge is -2.11. The number of hydrogen-bond acceptors (Lipinski definition) is 5. The van der Waals surface area contributed by atoms with E-state index in [1.54, 1.807) is 37.6 Å². The summed E-state index contributed by atoms with van der Waals surface area (Å²) in [5, 5.41) is 3.56. The number of benzene rings is 2. The zero-order valence-electron chi connectivity index (χ0n) is 13.3. The van der Waals surface area contributed by atoms with E-state index in [4.69, 9.17) is 4.74 Å². The molecule has 0 atom stereocenters. The molecule has 0 bridgehead atoms. The average molecular weight is 342 g/mol. The molecule has 3 aromatic rings. The van der Waals surface area contributed by atoms with E-state index < -0.39 is 9.84 Å². The summed E-state index contributed by atoms with van der Waals surface area (Å²) in [6.07, 6.45) is 1.62. The van der Waals surface area contributed by atoms with E-state index in [2.05, 4.69) is 10.3 Å². The molecule has 0 spiro atoms. The molecule has 0 aliphatic rings. The van der Waals surface area contributed by atoms with E-state index in [1.165, 1.54) is 0 Å². The van der Waals surface area contributed by atoms with Gasteiger partial charge in [-0.1, -0.05) is 30.3 Å². The third-order valence-corrected chi connectivity index (χ3v) is 5.32. The van der Waals surface area contributed by atoms with Crippen molar-refractivity contribution in [2.75, 3.05) is 13.0 Å². The van der Waals surface area contributed by atoms with Crippen LogP contribution in [0.1, 0.15) is 5.56 Å². The summed E-state index contributed by atoms with van der Waals surface area (Å²) in [6.45, 7) is 0.492. The Balaban J connectivity index is 1.86. The van der Waals surface area contributed by atoms with Gasteiger partial charge < -0.3 is 4.74 Å². The monoisotopic (exact) mass is 342 g/mol. The van der Waals surface area contributed by atoms with Crippen molar-refractivity contribution in [1.29, 1.82) is 0 Å². The molecule has 6 heteroatoms. The molecule has 3 rings (SSSR count). The Kier molecular flexibility index (Phi) is 4.78. The van der Waals surface area contributed by atoms with E-state index in [-0.39, 0.29) is 10.8 Å². The molecule has 0 fully saturated rings. The van der Waals surface area contributed by atoms with Gasteiger partial charge in [0.1, 0.15) is 17.1 Å². The fourth-order valence-electron chi connectivity index (χ4n) is 2.56. The fourth-order valence-corrected chi connectivity index (χ4v) is 3.86. The van der Waals surface area contributed by atoms with Gasteiger partial charge in [-0.2, -0.15) is 0 Å². The van der Waals surface area contributed by atoms with Gasteiger partial charge >= 0.3 is 0 Å². The first-order valence-electron chi connectivity index (χ1n) is 7.51. The highest BCUT2D eigenvalue weighted by Crippen LogP contribution is 2.29. The molecule has 0 radical (unpaired) electrons. The molecule has 1 N–H and O–H groups in total. The zero-order valence-corrected chi connectivity index (χ0v) is 14.1. The van der Waals surface area contributed by atoms with Crippen molar-refractivity contribution in [2.45, 2.75) is 11.4 Å². The Hall–Kier alpha value is -2.44. The molecule has 0 unspecified atom stereocenters. The van der Waals surface area contributed by atoms with Gasteiger partial charge in [-0.05, 0) is 29.8 Å². The van der Waals surface area contributed by atoms with Crippen molar-refractivity contribution in [3.05, 3.63) is 66.4 Å². The maximum Gasteiger partial charge on any atom is 0.191 e. The standard InChI is InChI=1S/C18H18N2O3S/c1-23-16-9-10-17(15-8-5-11-20-18(15)16)24(21,22)13-19-12-14-6-3-2-4-7-14/h2-11,19H,12-13H2,1H3. The third kappa shape index (κ3) is 3.39. The van der Waals surface area contributed by atoms with E-state index in [0.717, 1.165) is 5.56 Å². The molecular formula is C18H18N2O3S. The second-order valence-corrected chi connectivity index (χ2v) is 7.29. The molecule has 2 aromatic carbocycles. The number of aromatic nitrogens is 1. The van der Waals surface area contributed by atoms with Gasteiger partial charge in [0.2, 0.25) is 0 Å². The Morgan fingerprint density at radius 2 is 1.83 bits per heavy atom. The Bertz CT molecular complexity index is 941. The van der Waals surface area contributed by atoms with Gasteiger partial charge in [0.15, 0.2) is 9.84 Å². The van der Waals surface area contributed by atoms with Crippen LogP contribution >= 0.6 is 0 Å². The van der Waals surface area contributed by atoms with E-state index in [9.17, 15) is 8.42 Å². The van der Waals surface area contributed by atoms with Gasteiger partial charge in [-0.25, -0.2) is 8.42 Å². The lowest BCUT2D eigenvalue weighted by molar-refractivity contribution is 0.418. The molecule has 0 aliphatic carbocycles. The van der Waals surface area contributed by atoms with Gasteiger partial charge in [0.25, 0.3) is 0 Å². The normalized spacial score (nSPS) is 11.5. The van der Waals surface area contributed by atoms with Crippen molar-refractivity contribution in [3.8, 4) is 5.75 Å². The lowest BCUT2D eigenvalue weighted by atomic mass is 10.2. The minimum Gasteiger partial charge on any atom is -0.494 e. The first kappa shape index (κ1) is 16.4. The van der Waals surface area contributed by atoms with Crippen LogP contribution < -0.4 is 10.1 Å². The molecule has 0 saturated heterocycles. The van der Waals surface area contributed by atoms with Crippen molar-refractivity contribution in [3.63, 3.8) is 0 Å². The van der Waals surface area contributed by atoms with E-state index >= 15 is 0 Å². The summed E-state index contributed by atoms with van der Waals surface area (Å²) < 4.78 is 30.7. The maximum atomic E-state index is 12.7. The number of sulfone groups is 1. The molecule has 0 saturated carbocycles. The van der Waals surface area contributed by atoms with Crippen molar-refractivity contribution in [1.82, 2.24) is 10.3 Å². The SMILES string of the molecule is COc1ccc(S(=O)(=O)CNCc2ccccc2)c2cccnc12. The molecule has 1 aromatic heterocycles. The first-order valence-corrected chi connectivity index (χ1v) is 9.16. The van der Waals surface area contributed by atoms with Crippen molar-refractivity contribution < 1.29 is 13.2 Å². The Labute approximate surface area is 141 Å². The number of fused-ring (bicyclic) bond motifs is 1. The van der Waals surface area contributed by atoms with Crippen LogP contribution in [-0.4, -0.2) is 26.4 Å². The maximum absolute atomic E-state index is 12.7. The van der Waals surface area contributed by atoms with Crippen LogP contribution in [0.5, 0.6) is 5.75 Å². The Morgan fingerprint density at radius 1 is 1.04 bits per heavy atom. The van der Waals surface area contributed by atoms with Crippen LogP contribution in [0.2, 0.25) is 0 Å². The van der Waals surface area contributed by atoms with Gasteiger partial charge in [0.05, 0.1) is 12.0 Å². The highest BCUT2D eigenvalue weighted by atomic mass is 32.2. The first-order chi connectivity index (χ1) is 11.6. The van der Waals surface area contributed by atoms with E-state index in [0.29, 0.717) is 23.2 Å². The van der Waals surface area contributed by atoms with E-state index in [1.807, 2.05) is 30.3 Å². The second-order valence-electron chi connectivity index (χ2n) is 5.34. The topological polar surface area (TPSA) is 68.3 Å². The quantitative estimate of drug-likeness (QED) is 0.746. The number of pyridine rings is 1. The molecule has 24 heavy (non-hydrogen) atoms. The van der Waals surface area contributed by atoms with Crippen molar-refractivity contribution in [2.24, 2.45) is 0 Å². The van der Waals surface area contributed by atoms with Gasteiger partial charge in [-0.3, -0.25) is 10.3 Å². The smallest absolute Gasteiger partial charge is 0.191 e. The summed E-state index contributed by atoms with van der Waals surface area (Å²) in [5.74, 6) is 0.417. The molecular weight excluding hydrogens is 324 g/mol. The van der Waals surface area contributed by atoms with Crippen LogP contribution in [0.3, 0.4) is 0 Å². The summed E-state index contributed by atoms with van der Waals surface area (Å²) in [4.78, 5) is 4.50. The van der Waals surface area contributed by atoms with Crippen LogP contribution in [-0.2, 0) is 16.4 Å². The highest BCUT2D eigenvalue weighted by molar-refractivity contribution is 7.91. The number of rotatable bonds is 6. The molecule has 5 nitrogen and oxygen atoms in total. The Morgan fingerprint density at radius 3 is 2.58 bits per heavy atom. The minimum atomic E-state index is -3.49. The zero-order chi connectivity index (χ0) is 17.0. The van der Waals surface area contributed by atoms with Crippen LogP contribution in [0.25, 0.3) is 10.9 Å². The van der Waals surface area contributed by atoms with Gasteiger partial charge in [0, 0.05) is 18.1 Å². The molecule has 0 aliphatic heterocycles. The number of nitrogens with zero attached hydrogens (tertiary/aromatic N) is 1. The minimum absolute atomic E-state index is 0.141. The summed E-state index contributed by atoms with van der Waals surface area (Å²) in [7, 11) is -1.95. The highest BCUT2D eigenvalue weighted by Gasteiger charge is 2.19. The van der Waals surface area contributed by atoms with Crippen molar-refractivity contribution >= 4 is 20.7 Å². The second kappa shape index (κ2) is 6.98. The van der Waals surface area contributed by atoms with Crippen LogP contribution in [0.4, 0.5) is 0 Å². The number of ether oxygens (including phenoxy) is 1. The number of nitrogens with one attached hydrogen (secondary N) is 1. The molecule has 1 heterocycles. The predicted octanol–water partition coefficient (Wildman–Crippen LogP) is 2.76. The van der Waals surface area contributed by atoms with Gasteiger partial charge in [-0.15, -0.1) is 0 Å². The average Bonchev–Trinajstić information content (AvgIpc) is 2.61. The van der Waals surface area contributed by atoms with Crippen LogP contribution in [0, 0.1) is 0 Å². The molecule has 124 valence electrons. The third-order valence-electron chi connectivity index (χ3n) is 3.71. The number of hydrogen-bond donors (Lipinski definition) is 1. The summed E-state index contributed by atoms with van der Waals surface area (Å²) in [6, 6.07) is 16.4. The largest absolute Gasteiger partial charge is 0.494 e. The summed E-state index contributed by atoms with van der Waals surface area (Å²) >= 11 is 0. The molecule has 0 amide bonds. The number of methoxy groups -OCH3 is 1. The summed E-state index contributed by atoms with van der Waals surface area (Å²) in [5.41, 5.74) is 1.58.